The van der Waals surface area contributed by atoms with Crippen LogP contribution in [0.25, 0.3) is 0 Å². The summed E-state index contributed by atoms with van der Waals surface area (Å²) in [5.74, 6) is 0. The fourth-order valence-electron chi connectivity index (χ4n) is 4.09. The summed E-state index contributed by atoms with van der Waals surface area (Å²) in [6.45, 7) is 14.1. The molecule has 2 amide bonds. The molecule has 104 valence electrons. The quantitative estimate of drug-likeness (QED) is 0.704. The molecule has 0 radical (unpaired) electrons. The number of nitrogens with zero attached hydrogens (tertiary/aromatic N) is 1. The number of likely N-dealkylation sites (tertiary alicyclic amines) is 1. The third-order valence-corrected chi connectivity index (χ3v) is 4.16. The maximum atomic E-state index is 12.4. The van der Waals surface area contributed by atoms with Crippen molar-refractivity contribution in [1.82, 2.24) is 10.2 Å². The van der Waals surface area contributed by atoms with Gasteiger partial charge in [-0.15, -0.1) is 0 Å². The Labute approximate surface area is 111 Å². The van der Waals surface area contributed by atoms with Gasteiger partial charge in [0.05, 0.1) is 0 Å². The van der Waals surface area contributed by atoms with Gasteiger partial charge in [0.15, 0.2) is 0 Å². The van der Waals surface area contributed by atoms with Crippen molar-refractivity contribution in [1.29, 1.82) is 0 Å². The molecule has 1 aliphatic heterocycles. The van der Waals surface area contributed by atoms with Crippen LogP contribution in [0, 0.1) is 10.8 Å². The molecule has 1 heterocycles. The van der Waals surface area contributed by atoms with E-state index in [4.69, 9.17) is 0 Å². The second-order valence-corrected chi connectivity index (χ2v) is 8.52. The number of carbonyl (C=O) groups is 1. The van der Waals surface area contributed by atoms with Gasteiger partial charge in [-0.2, -0.15) is 0 Å². The lowest BCUT2D eigenvalue weighted by Crippen LogP contribution is -2.50. The largest absolute Gasteiger partial charge is 0.333 e. The number of nitrogens with one attached hydrogen (secondary N) is 1. The molecule has 2 unspecified atom stereocenters. The SMILES string of the molecule is CC1(C)CC2CC(C)(CN2C(=O)NC(C)(C)C)C1. The van der Waals surface area contributed by atoms with Crippen molar-refractivity contribution in [2.24, 2.45) is 10.8 Å². The van der Waals surface area contributed by atoms with Gasteiger partial charge in [-0.25, -0.2) is 4.79 Å². The first-order valence-corrected chi connectivity index (χ1v) is 7.09. The van der Waals surface area contributed by atoms with E-state index >= 15 is 0 Å². The molecular weight excluding hydrogens is 224 g/mol. The van der Waals surface area contributed by atoms with E-state index in [1.54, 1.807) is 0 Å². The monoisotopic (exact) mass is 252 g/mol. The van der Waals surface area contributed by atoms with Crippen molar-refractivity contribution in [3.05, 3.63) is 0 Å². The Morgan fingerprint density at radius 3 is 2.39 bits per heavy atom. The molecule has 1 saturated heterocycles. The predicted molar refractivity (Wildman–Crippen MR) is 74.5 cm³/mol. The lowest BCUT2D eigenvalue weighted by atomic mass is 9.65. The molecule has 1 aliphatic carbocycles. The van der Waals surface area contributed by atoms with E-state index in [0.717, 1.165) is 13.0 Å². The summed E-state index contributed by atoms with van der Waals surface area (Å²) in [7, 11) is 0. The molecule has 2 aliphatic rings. The van der Waals surface area contributed by atoms with Gasteiger partial charge in [-0.3, -0.25) is 0 Å². The van der Waals surface area contributed by atoms with Crippen LogP contribution >= 0.6 is 0 Å². The van der Waals surface area contributed by atoms with Crippen LogP contribution in [-0.4, -0.2) is 29.1 Å². The third-order valence-electron chi connectivity index (χ3n) is 4.16. The fraction of sp³-hybridized carbons (Fsp3) is 0.933. The Bertz CT molecular complexity index is 356. The summed E-state index contributed by atoms with van der Waals surface area (Å²) >= 11 is 0. The number of urea groups is 1. The van der Waals surface area contributed by atoms with Gasteiger partial charge in [0.2, 0.25) is 0 Å². The average Bonchev–Trinajstić information content (AvgIpc) is 2.31. The summed E-state index contributed by atoms with van der Waals surface area (Å²) in [5.41, 5.74) is 0.542. The summed E-state index contributed by atoms with van der Waals surface area (Å²) in [6, 6.07) is 0.551. The van der Waals surface area contributed by atoms with Crippen LogP contribution < -0.4 is 5.32 Å². The molecule has 2 rings (SSSR count). The average molecular weight is 252 g/mol. The Balaban J connectivity index is 2.11. The molecule has 3 nitrogen and oxygen atoms in total. The first kappa shape index (κ1) is 13.7. The smallest absolute Gasteiger partial charge is 0.318 e. The van der Waals surface area contributed by atoms with E-state index < -0.39 is 0 Å². The molecule has 0 aromatic carbocycles. The summed E-state index contributed by atoms with van der Waals surface area (Å²) in [4.78, 5) is 14.5. The number of fused-ring (bicyclic) bond motifs is 2. The van der Waals surface area contributed by atoms with Crippen LogP contribution in [-0.2, 0) is 0 Å². The predicted octanol–water partition coefficient (Wildman–Crippen LogP) is 3.40. The lowest BCUT2D eigenvalue weighted by molar-refractivity contribution is 0.128. The molecule has 0 aromatic rings. The molecule has 3 heteroatoms. The van der Waals surface area contributed by atoms with Crippen LogP contribution in [0.2, 0.25) is 0 Å². The molecule has 0 aromatic heterocycles. The van der Waals surface area contributed by atoms with Gasteiger partial charge >= 0.3 is 6.03 Å². The van der Waals surface area contributed by atoms with Crippen molar-refractivity contribution in [2.75, 3.05) is 6.54 Å². The van der Waals surface area contributed by atoms with Crippen molar-refractivity contribution < 1.29 is 4.79 Å². The minimum Gasteiger partial charge on any atom is -0.333 e. The van der Waals surface area contributed by atoms with E-state index in [0.29, 0.717) is 16.9 Å². The number of hydrogen-bond donors (Lipinski definition) is 1. The molecule has 1 N–H and O–H groups in total. The highest BCUT2D eigenvalue weighted by molar-refractivity contribution is 5.75. The van der Waals surface area contributed by atoms with E-state index in [1.165, 1.54) is 12.8 Å². The molecule has 18 heavy (non-hydrogen) atoms. The summed E-state index contributed by atoms with van der Waals surface area (Å²) in [6.07, 6.45) is 3.55. The lowest BCUT2D eigenvalue weighted by Gasteiger charge is -2.39. The van der Waals surface area contributed by atoms with Crippen molar-refractivity contribution in [2.45, 2.75) is 72.4 Å². The van der Waals surface area contributed by atoms with Gasteiger partial charge < -0.3 is 10.2 Å². The number of amides is 2. The Morgan fingerprint density at radius 2 is 1.83 bits per heavy atom. The van der Waals surface area contributed by atoms with Crippen molar-refractivity contribution in [3.8, 4) is 0 Å². The minimum absolute atomic E-state index is 0.119. The fourth-order valence-corrected chi connectivity index (χ4v) is 4.09. The Morgan fingerprint density at radius 1 is 1.22 bits per heavy atom. The molecular formula is C15H28N2O. The van der Waals surface area contributed by atoms with Crippen LogP contribution in [0.5, 0.6) is 0 Å². The topological polar surface area (TPSA) is 32.3 Å². The number of carbonyl (C=O) groups excluding carboxylic acids is 1. The van der Waals surface area contributed by atoms with Crippen molar-refractivity contribution in [3.63, 3.8) is 0 Å². The Kier molecular flexibility index (Phi) is 2.95. The number of rotatable bonds is 0. The molecule has 2 fully saturated rings. The standard InChI is InChI=1S/C15H28N2O/c1-13(2,3)16-12(18)17-10-15(6)8-11(17)7-14(4,5)9-15/h11H,7-10H2,1-6H3,(H,16,18). The second-order valence-electron chi connectivity index (χ2n) is 8.52. The zero-order valence-electron chi connectivity index (χ0n) is 12.8. The first-order valence-electron chi connectivity index (χ1n) is 7.09. The van der Waals surface area contributed by atoms with E-state index in [-0.39, 0.29) is 11.6 Å². The van der Waals surface area contributed by atoms with Gasteiger partial charge in [0.1, 0.15) is 0 Å². The zero-order valence-corrected chi connectivity index (χ0v) is 12.8. The van der Waals surface area contributed by atoms with Gasteiger partial charge in [0.25, 0.3) is 0 Å². The van der Waals surface area contributed by atoms with Gasteiger partial charge in [0, 0.05) is 18.1 Å². The second kappa shape index (κ2) is 3.88. The first-order chi connectivity index (χ1) is 8.00. The number of hydrogen-bond acceptors (Lipinski definition) is 1. The van der Waals surface area contributed by atoms with Gasteiger partial charge in [-0.05, 0) is 50.9 Å². The van der Waals surface area contributed by atoms with E-state index in [1.807, 2.05) is 20.8 Å². The summed E-state index contributed by atoms with van der Waals surface area (Å²) in [5, 5.41) is 3.11. The highest BCUT2D eigenvalue weighted by Gasteiger charge is 2.51. The molecule has 2 bridgehead atoms. The summed E-state index contributed by atoms with van der Waals surface area (Å²) < 4.78 is 0. The maximum Gasteiger partial charge on any atom is 0.318 e. The van der Waals surface area contributed by atoms with Crippen LogP contribution in [0.3, 0.4) is 0 Å². The normalized spacial score (nSPS) is 34.6. The van der Waals surface area contributed by atoms with Crippen LogP contribution in [0.1, 0.15) is 60.8 Å². The van der Waals surface area contributed by atoms with E-state index in [2.05, 4.69) is 31.0 Å². The Hall–Kier alpha value is -0.730. The maximum absolute atomic E-state index is 12.4. The van der Waals surface area contributed by atoms with Crippen molar-refractivity contribution >= 4 is 6.03 Å². The van der Waals surface area contributed by atoms with Crippen LogP contribution in [0.4, 0.5) is 4.79 Å². The highest BCUT2D eigenvalue weighted by Crippen LogP contribution is 2.52. The van der Waals surface area contributed by atoms with Gasteiger partial charge in [-0.1, -0.05) is 20.8 Å². The molecule has 0 spiro atoms. The van der Waals surface area contributed by atoms with E-state index in [9.17, 15) is 4.79 Å². The molecule has 2 atom stereocenters. The minimum atomic E-state index is -0.149. The zero-order chi connectivity index (χ0) is 13.8. The highest BCUT2D eigenvalue weighted by atomic mass is 16.2. The third kappa shape index (κ3) is 2.81. The van der Waals surface area contributed by atoms with Crippen LogP contribution in [0.15, 0.2) is 0 Å². The molecule has 1 saturated carbocycles.